The highest BCUT2D eigenvalue weighted by atomic mass is 16.2. The van der Waals surface area contributed by atoms with Crippen LogP contribution >= 0.6 is 0 Å². The third kappa shape index (κ3) is 4.46. The maximum Gasteiger partial charge on any atom is 0.315 e. The van der Waals surface area contributed by atoms with E-state index in [1.165, 1.54) is 0 Å². The van der Waals surface area contributed by atoms with Gasteiger partial charge in [0.25, 0.3) is 0 Å². The molecule has 1 heterocycles. The number of carbonyl (C=O) groups excluding carboxylic acids is 1. The molecule has 1 saturated heterocycles. The van der Waals surface area contributed by atoms with Crippen LogP contribution in [0, 0.1) is 5.92 Å². The Bertz CT molecular complexity index is 192. The van der Waals surface area contributed by atoms with Crippen molar-refractivity contribution in [2.75, 3.05) is 19.6 Å². The summed E-state index contributed by atoms with van der Waals surface area (Å²) in [5, 5.41) is 9.04. The Morgan fingerprint density at radius 2 is 2.21 bits per heavy atom. The maximum atomic E-state index is 11.4. The van der Waals surface area contributed by atoms with Gasteiger partial charge in [0, 0.05) is 12.1 Å². The number of rotatable bonds is 2. The van der Waals surface area contributed by atoms with E-state index >= 15 is 0 Å². The Balaban J connectivity index is 2.14. The normalized spacial score (nSPS) is 22.1. The van der Waals surface area contributed by atoms with Gasteiger partial charge in [0.2, 0.25) is 0 Å². The second kappa shape index (κ2) is 4.64. The van der Waals surface area contributed by atoms with Crippen LogP contribution in [0.2, 0.25) is 0 Å². The average Bonchev–Trinajstić information content (AvgIpc) is 2.49. The van der Waals surface area contributed by atoms with Gasteiger partial charge in [-0.3, -0.25) is 0 Å². The molecule has 3 N–H and O–H groups in total. The highest BCUT2D eigenvalue weighted by molar-refractivity contribution is 5.74. The molecule has 1 aliphatic heterocycles. The van der Waals surface area contributed by atoms with Crippen LogP contribution in [-0.2, 0) is 0 Å². The molecule has 0 aromatic rings. The van der Waals surface area contributed by atoms with Gasteiger partial charge >= 0.3 is 6.03 Å². The third-order valence-corrected chi connectivity index (χ3v) is 2.20. The van der Waals surface area contributed by atoms with Gasteiger partial charge in [-0.25, -0.2) is 4.79 Å². The van der Waals surface area contributed by atoms with Crippen LogP contribution in [0.25, 0.3) is 0 Å². The molecular weight excluding hydrogens is 178 g/mol. The molecule has 2 amide bonds. The molecule has 0 bridgehead atoms. The fourth-order valence-corrected chi connectivity index (χ4v) is 1.51. The van der Waals surface area contributed by atoms with E-state index in [9.17, 15) is 4.79 Å². The summed E-state index contributed by atoms with van der Waals surface area (Å²) in [5.41, 5.74) is -0.155. The van der Waals surface area contributed by atoms with E-state index in [2.05, 4.69) is 16.0 Å². The average molecular weight is 199 g/mol. The van der Waals surface area contributed by atoms with Gasteiger partial charge in [-0.1, -0.05) is 0 Å². The zero-order valence-corrected chi connectivity index (χ0v) is 9.31. The van der Waals surface area contributed by atoms with Crippen molar-refractivity contribution in [2.45, 2.75) is 32.7 Å². The quantitative estimate of drug-likeness (QED) is 0.613. The summed E-state index contributed by atoms with van der Waals surface area (Å²) in [5.74, 6) is 0.598. The summed E-state index contributed by atoms with van der Waals surface area (Å²) < 4.78 is 0. The Morgan fingerprint density at radius 1 is 1.50 bits per heavy atom. The largest absolute Gasteiger partial charge is 0.338 e. The van der Waals surface area contributed by atoms with Gasteiger partial charge in [-0.15, -0.1) is 0 Å². The standard InChI is InChI=1S/C10H21N3O/c1-10(2,3)13-9(14)12-7-8-4-5-11-6-8/h8,11H,4-7H2,1-3H3,(H2,12,13,14). The first-order chi connectivity index (χ1) is 6.47. The highest BCUT2D eigenvalue weighted by Crippen LogP contribution is 2.05. The molecule has 1 aliphatic rings. The van der Waals surface area contributed by atoms with Crippen LogP contribution in [0.3, 0.4) is 0 Å². The summed E-state index contributed by atoms with van der Waals surface area (Å²) in [7, 11) is 0. The van der Waals surface area contributed by atoms with Crippen molar-refractivity contribution in [1.82, 2.24) is 16.0 Å². The topological polar surface area (TPSA) is 53.2 Å². The molecule has 1 rings (SSSR count). The maximum absolute atomic E-state index is 11.4. The fourth-order valence-electron chi connectivity index (χ4n) is 1.51. The Hall–Kier alpha value is -0.770. The zero-order chi connectivity index (χ0) is 10.6. The Kier molecular flexibility index (Phi) is 3.75. The molecule has 82 valence electrons. The first-order valence-corrected chi connectivity index (χ1v) is 5.24. The molecule has 0 saturated carbocycles. The first-order valence-electron chi connectivity index (χ1n) is 5.24. The van der Waals surface area contributed by atoms with Crippen molar-refractivity contribution in [3.05, 3.63) is 0 Å². The van der Waals surface area contributed by atoms with Gasteiger partial charge in [-0.05, 0) is 46.2 Å². The molecule has 4 heteroatoms. The number of nitrogens with one attached hydrogen (secondary N) is 3. The van der Waals surface area contributed by atoms with Crippen molar-refractivity contribution in [2.24, 2.45) is 5.92 Å². The summed E-state index contributed by atoms with van der Waals surface area (Å²) in [4.78, 5) is 11.4. The van der Waals surface area contributed by atoms with E-state index in [-0.39, 0.29) is 11.6 Å². The summed E-state index contributed by atoms with van der Waals surface area (Å²) >= 11 is 0. The molecule has 1 fully saturated rings. The highest BCUT2D eigenvalue weighted by Gasteiger charge is 2.17. The molecule has 0 aromatic carbocycles. The molecule has 0 aromatic heterocycles. The van der Waals surface area contributed by atoms with Crippen molar-refractivity contribution in [3.8, 4) is 0 Å². The minimum Gasteiger partial charge on any atom is -0.338 e. The molecule has 1 atom stereocenters. The molecule has 0 radical (unpaired) electrons. The molecule has 0 spiro atoms. The SMILES string of the molecule is CC(C)(C)NC(=O)NCC1CCNC1. The van der Waals surface area contributed by atoms with Crippen LogP contribution in [0.1, 0.15) is 27.2 Å². The minimum atomic E-state index is -0.155. The van der Waals surface area contributed by atoms with Gasteiger partial charge in [0.05, 0.1) is 0 Å². The second-order valence-electron chi connectivity index (χ2n) is 4.94. The predicted molar refractivity (Wildman–Crippen MR) is 57.3 cm³/mol. The van der Waals surface area contributed by atoms with Crippen LogP contribution < -0.4 is 16.0 Å². The van der Waals surface area contributed by atoms with Crippen molar-refractivity contribution < 1.29 is 4.79 Å². The van der Waals surface area contributed by atoms with Crippen molar-refractivity contribution in [3.63, 3.8) is 0 Å². The minimum absolute atomic E-state index is 0.0654. The monoisotopic (exact) mass is 199 g/mol. The summed E-state index contributed by atoms with van der Waals surface area (Å²) in [6.07, 6.45) is 1.16. The fraction of sp³-hybridized carbons (Fsp3) is 0.900. The molecule has 4 nitrogen and oxygen atoms in total. The van der Waals surface area contributed by atoms with Crippen LogP contribution in [0.5, 0.6) is 0 Å². The summed E-state index contributed by atoms with van der Waals surface area (Å²) in [6.45, 7) is 8.80. The predicted octanol–water partition coefficient (Wildman–Crippen LogP) is 0.694. The lowest BCUT2D eigenvalue weighted by Gasteiger charge is -2.21. The number of hydrogen-bond donors (Lipinski definition) is 3. The lowest BCUT2D eigenvalue weighted by Crippen LogP contribution is -2.47. The Labute approximate surface area is 85.8 Å². The number of hydrogen-bond acceptors (Lipinski definition) is 2. The van der Waals surface area contributed by atoms with Gasteiger partial charge in [0.1, 0.15) is 0 Å². The van der Waals surface area contributed by atoms with Crippen LogP contribution in [0.15, 0.2) is 0 Å². The Morgan fingerprint density at radius 3 is 2.71 bits per heavy atom. The van der Waals surface area contributed by atoms with E-state index in [1.807, 2.05) is 20.8 Å². The van der Waals surface area contributed by atoms with Gasteiger partial charge in [-0.2, -0.15) is 0 Å². The van der Waals surface area contributed by atoms with E-state index in [0.29, 0.717) is 5.92 Å². The van der Waals surface area contributed by atoms with Crippen molar-refractivity contribution >= 4 is 6.03 Å². The lowest BCUT2D eigenvalue weighted by atomic mass is 10.1. The van der Waals surface area contributed by atoms with E-state index in [4.69, 9.17) is 0 Å². The summed E-state index contributed by atoms with van der Waals surface area (Å²) in [6, 6.07) is -0.0654. The molecule has 14 heavy (non-hydrogen) atoms. The van der Waals surface area contributed by atoms with Crippen molar-refractivity contribution in [1.29, 1.82) is 0 Å². The smallest absolute Gasteiger partial charge is 0.315 e. The third-order valence-electron chi connectivity index (χ3n) is 2.20. The number of urea groups is 1. The van der Waals surface area contributed by atoms with E-state index in [0.717, 1.165) is 26.1 Å². The lowest BCUT2D eigenvalue weighted by molar-refractivity contribution is 0.230. The zero-order valence-electron chi connectivity index (χ0n) is 9.31. The van der Waals surface area contributed by atoms with Gasteiger partial charge < -0.3 is 16.0 Å². The van der Waals surface area contributed by atoms with Crippen LogP contribution in [0.4, 0.5) is 4.79 Å². The number of carbonyl (C=O) groups is 1. The molecule has 1 unspecified atom stereocenters. The second-order valence-corrected chi connectivity index (χ2v) is 4.94. The molecular formula is C10H21N3O. The van der Waals surface area contributed by atoms with E-state index < -0.39 is 0 Å². The van der Waals surface area contributed by atoms with E-state index in [1.54, 1.807) is 0 Å². The van der Waals surface area contributed by atoms with Crippen LogP contribution in [-0.4, -0.2) is 31.2 Å². The number of amides is 2. The van der Waals surface area contributed by atoms with Gasteiger partial charge in [0.15, 0.2) is 0 Å². The first kappa shape index (κ1) is 11.3. The molecule has 0 aliphatic carbocycles.